The number of hydrogen-bond donors (Lipinski definition) is 3. The molecule has 0 radical (unpaired) electrons. The van der Waals surface area contributed by atoms with Crippen LogP contribution in [0.15, 0.2) is 36.4 Å². The van der Waals surface area contributed by atoms with Gasteiger partial charge in [-0.1, -0.05) is 26.0 Å². The van der Waals surface area contributed by atoms with Gasteiger partial charge in [-0.2, -0.15) is 0 Å². The minimum absolute atomic E-state index is 0.211. The van der Waals surface area contributed by atoms with E-state index in [1.807, 2.05) is 30.3 Å². The van der Waals surface area contributed by atoms with Crippen LogP contribution in [0, 0.1) is 0 Å². The summed E-state index contributed by atoms with van der Waals surface area (Å²) in [5.41, 5.74) is 22.4. The third kappa shape index (κ3) is 4.05. The van der Waals surface area contributed by atoms with Gasteiger partial charge in [-0.3, -0.25) is 0 Å². The van der Waals surface area contributed by atoms with Crippen LogP contribution in [0.4, 0.5) is 17.1 Å². The minimum atomic E-state index is 0.211. The van der Waals surface area contributed by atoms with E-state index in [9.17, 15) is 0 Å². The van der Waals surface area contributed by atoms with Crippen LogP contribution in [0.25, 0.3) is 0 Å². The zero-order valence-electron chi connectivity index (χ0n) is 15.6. The molecule has 0 aliphatic carbocycles. The molecule has 0 bridgehead atoms. The molecule has 0 unspecified atom stereocenters. The van der Waals surface area contributed by atoms with Crippen molar-refractivity contribution in [1.29, 1.82) is 0 Å². The van der Waals surface area contributed by atoms with E-state index in [-0.39, 0.29) is 17.9 Å². The van der Waals surface area contributed by atoms with Gasteiger partial charge in [0.2, 0.25) is 0 Å². The van der Waals surface area contributed by atoms with Crippen LogP contribution < -0.4 is 21.9 Å². The lowest BCUT2D eigenvalue weighted by molar-refractivity contribution is 0.0256. The molecule has 2 atom stereocenters. The molecule has 2 aromatic rings. The first kappa shape index (κ1) is 18.4. The van der Waals surface area contributed by atoms with Gasteiger partial charge < -0.3 is 26.7 Å². The van der Waals surface area contributed by atoms with Gasteiger partial charge in [-0.25, -0.2) is 0 Å². The summed E-state index contributed by atoms with van der Waals surface area (Å²) in [6.07, 6.45) is 2.06. The Morgan fingerprint density at radius 1 is 0.885 bits per heavy atom. The third-order valence-electron chi connectivity index (χ3n) is 5.41. The first-order chi connectivity index (χ1) is 12.5. The third-order valence-corrected chi connectivity index (χ3v) is 5.41. The molecule has 3 rings (SSSR count). The smallest absolute Gasteiger partial charge is 0.121 e. The van der Waals surface area contributed by atoms with Crippen molar-refractivity contribution in [2.45, 2.75) is 44.6 Å². The molecule has 2 aromatic carbocycles. The van der Waals surface area contributed by atoms with Gasteiger partial charge in [0.05, 0.1) is 24.6 Å². The second-order valence-electron chi connectivity index (χ2n) is 7.19. The van der Waals surface area contributed by atoms with E-state index in [4.69, 9.17) is 26.7 Å². The fourth-order valence-electron chi connectivity index (χ4n) is 3.46. The Hall–Kier alpha value is -2.40. The first-order valence-corrected chi connectivity index (χ1v) is 9.24. The fraction of sp³-hybridized carbons (Fsp3) is 0.429. The van der Waals surface area contributed by atoms with Crippen molar-refractivity contribution >= 4 is 17.1 Å². The Balaban J connectivity index is 1.74. The van der Waals surface area contributed by atoms with Crippen LogP contribution in [0.1, 0.15) is 49.7 Å². The summed E-state index contributed by atoms with van der Waals surface area (Å²) in [5, 5.41) is 0. The van der Waals surface area contributed by atoms with E-state index < -0.39 is 0 Å². The Morgan fingerprint density at radius 2 is 1.62 bits per heavy atom. The van der Waals surface area contributed by atoms with Crippen molar-refractivity contribution in [3.63, 3.8) is 0 Å². The standard InChI is InChI=1S/C21H29N3O2/c1-13(15-3-6-19(22)21(24)11-15)14(2)18-5-4-17(12-20(18)23)26-16-7-9-25-10-8-16/h3-6,11-14,16H,7-10,22-24H2,1-2H3/t13-,14+/m1/s1. The minimum Gasteiger partial charge on any atom is -0.490 e. The summed E-state index contributed by atoms with van der Waals surface area (Å²) in [6.45, 7) is 5.89. The lowest BCUT2D eigenvalue weighted by Crippen LogP contribution is -2.25. The topological polar surface area (TPSA) is 96.5 Å². The first-order valence-electron chi connectivity index (χ1n) is 9.24. The van der Waals surface area contributed by atoms with Gasteiger partial charge in [0, 0.05) is 24.6 Å². The second-order valence-corrected chi connectivity index (χ2v) is 7.19. The second kappa shape index (κ2) is 7.87. The average Bonchev–Trinajstić information content (AvgIpc) is 2.64. The molecule has 0 spiro atoms. The van der Waals surface area contributed by atoms with Crippen molar-refractivity contribution < 1.29 is 9.47 Å². The molecule has 1 aliphatic rings. The molecule has 1 saturated heterocycles. The van der Waals surface area contributed by atoms with Crippen LogP contribution in [0.2, 0.25) is 0 Å². The molecule has 0 amide bonds. The number of ether oxygens (including phenoxy) is 2. The molecule has 26 heavy (non-hydrogen) atoms. The summed E-state index contributed by atoms with van der Waals surface area (Å²) < 4.78 is 11.4. The highest BCUT2D eigenvalue weighted by atomic mass is 16.5. The normalized spacial score (nSPS) is 17.6. The fourth-order valence-corrected chi connectivity index (χ4v) is 3.46. The maximum absolute atomic E-state index is 6.35. The van der Waals surface area contributed by atoms with Crippen LogP contribution in [0.5, 0.6) is 5.75 Å². The Labute approximate surface area is 155 Å². The van der Waals surface area contributed by atoms with Crippen molar-refractivity contribution in [2.24, 2.45) is 0 Å². The summed E-state index contributed by atoms with van der Waals surface area (Å²) >= 11 is 0. The van der Waals surface area contributed by atoms with Crippen LogP contribution in [-0.4, -0.2) is 19.3 Å². The van der Waals surface area contributed by atoms with E-state index in [0.717, 1.165) is 48.6 Å². The molecule has 5 nitrogen and oxygen atoms in total. The molecule has 1 heterocycles. The predicted octanol–water partition coefficient (Wildman–Crippen LogP) is 3.90. The quantitative estimate of drug-likeness (QED) is 0.707. The predicted molar refractivity (Wildman–Crippen MR) is 107 cm³/mol. The molecule has 1 fully saturated rings. The highest BCUT2D eigenvalue weighted by Crippen LogP contribution is 2.37. The molecule has 0 aromatic heterocycles. The van der Waals surface area contributed by atoms with Crippen molar-refractivity contribution in [2.75, 3.05) is 30.4 Å². The Kier molecular flexibility index (Phi) is 5.57. The molecule has 6 N–H and O–H groups in total. The summed E-state index contributed by atoms with van der Waals surface area (Å²) in [5.74, 6) is 1.34. The van der Waals surface area contributed by atoms with Gasteiger partial charge in [-0.05, 0) is 41.2 Å². The SMILES string of the molecule is C[C@H](c1ccc(OC2CCOCC2)cc1N)[C@@H](C)c1ccc(N)c(N)c1. The maximum atomic E-state index is 6.35. The number of hydrogen-bond acceptors (Lipinski definition) is 5. The Morgan fingerprint density at radius 3 is 2.27 bits per heavy atom. The zero-order valence-corrected chi connectivity index (χ0v) is 15.6. The van der Waals surface area contributed by atoms with Gasteiger partial charge >= 0.3 is 0 Å². The average molecular weight is 355 g/mol. The summed E-state index contributed by atoms with van der Waals surface area (Å²) in [4.78, 5) is 0. The van der Waals surface area contributed by atoms with E-state index in [0.29, 0.717) is 11.4 Å². The number of anilines is 3. The number of nitrogen functional groups attached to an aromatic ring is 3. The highest BCUT2D eigenvalue weighted by Gasteiger charge is 2.20. The van der Waals surface area contributed by atoms with Gasteiger partial charge in [0.25, 0.3) is 0 Å². The van der Waals surface area contributed by atoms with Gasteiger partial charge in [0.15, 0.2) is 0 Å². The molecular formula is C21H29N3O2. The zero-order chi connectivity index (χ0) is 18.7. The van der Waals surface area contributed by atoms with Crippen molar-refractivity contribution in [1.82, 2.24) is 0 Å². The molecule has 0 saturated carbocycles. The van der Waals surface area contributed by atoms with Gasteiger partial charge in [-0.15, -0.1) is 0 Å². The van der Waals surface area contributed by atoms with E-state index in [1.54, 1.807) is 0 Å². The van der Waals surface area contributed by atoms with Gasteiger partial charge in [0.1, 0.15) is 11.9 Å². The number of rotatable bonds is 5. The lowest BCUT2D eigenvalue weighted by atomic mass is 9.83. The highest BCUT2D eigenvalue weighted by molar-refractivity contribution is 5.64. The number of benzene rings is 2. The van der Waals surface area contributed by atoms with Crippen molar-refractivity contribution in [3.05, 3.63) is 47.5 Å². The monoisotopic (exact) mass is 355 g/mol. The van der Waals surface area contributed by atoms with E-state index in [1.165, 1.54) is 0 Å². The Bertz CT molecular complexity index is 757. The van der Waals surface area contributed by atoms with E-state index in [2.05, 4.69) is 19.9 Å². The molecule has 140 valence electrons. The largest absolute Gasteiger partial charge is 0.490 e. The molecule has 1 aliphatic heterocycles. The summed E-state index contributed by atoms with van der Waals surface area (Å²) in [6, 6.07) is 11.9. The van der Waals surface area contributed by atoms with Crippen LogP contribution in [-0.2, 0) is 4.74 Å². The van der Waals surface area contributed by atoms with Crippen LogP contribution in [0.3, 0.4) is 0 Å². The molecular weight excluding hydrogens is 326 g/mol. The van der Waals surface area contributed by atoms with Crippen LogP contribution >= 0.6 is 0 Å². The maximum Gasteiger partial charge on any atom is 0.121 e. The lowest BCUT2D eigenvalue weighted by Gasteiger charge is -2.25. The van der Waals surface area contributed by atoms with E-state index >= 15 is 0 Å². The summed E-state index contributed by atoms with van der Waals surface area (Å²) in [7, 11) is 0. The number of nitrogens with two attached hydrogens (primary N) is 3. The molecule has 5 heteroatoms. The van der Waals surface area contributed by atoms with Crippen molar-refractivity contribution in [3.8, 4) is 5.75 Å².